The van der Waals surface area contributed by atoms with Crippen LogP contribution in [0.3, 0.4) is 0 Å². The van der Waals surface area contributed by atoms with E-state index in [9.17, 15) is 5.11 Å². The molecule has 0 amide bonds. The number of rotatable bonds is 7. The van der Waals surface area contributed by atoms with Crippen LogP contribution in [0, 0.1) is 0 Å². The molecule has 0 fully saturated rings. The second kappa shape index (κ2) is 8.27. The lowest BCUT2D eigenvalue weighted by molar-refractivity contribution is 0.457. The number of nitrogens with one attached hydrogen (secondary N) is 2. The summed E-state index contributed by atoms with van der Waals surface area (Å²) in [5.74, 6) is 0.114. The summed E-state index contributed by atoms with van der Waals surface area (Å²) in [6.45, 7) is 4.11. The molecule has 1 unspecified atom stereocenters. The van der Waals surface area contributed by atoms with E-state index in [1.165, 1.54) is 18.4 Å². The lowest BCUT2D eigenvalue weighted by Crippen LogP contribution is -2.15. The van der Waals surface area contributed by atoms with Gasteiger partial charge in [0.15, 0.2) is 5.88 Å². The van der Waals surface area contributed by atoms with Crippen molar-refractivity contribution in [3.8, 4) is 5.88 Å². The highest BCUT2D eigenvalue weighted by Gasteiger charge is 2.14. The number of nitrogen functional groups attached to an aromatic ring is 1. The third-order valence-electron chi connectivity index (χ3n) is 4.95. The molecule has 142 valence electrons. The first-order chi connectivity index (χ1) is 13.0. The van der Waals surface area contributed by atoms with Crippen molar-refractivity contribution in [1.82, 2.24) is 10.3 Å². The maximum atomic E-state index is 10.3. The third-order valence-corrected chi connectivity index (χ3v) is 4.95. The van der Waals surface area contributed by atoms with Crippen LogP contribution in [0.15, 0.2) is 47.5 Å². The largest absolute Gasteiger partial charge is 0.494 e. The summed E-state index contributed by atoms with van der Waals surface area (Å²) in [6.07, 6.45) is 3.52. The van der Waals surface area contributed by atoms with Crippen molar-refractivity contribution < 1.29 is 5.11 Å². The van der Waals surface area contributed by atoms with E-state index in [0.29, 0.717) is 17.3 Å². The first kappa shape index (κ1) is 19.0. The quantitative estimate of drug-likeness (QED) is 0.350. The topological polar surface area (TPSA) is 86.4 Å². The molecule has 5 nitrogen and oxygen atoms in total. The predicted octanol–water partition coefficient (Wildman–Crippen LogP) is 5.05. The molecule has 0 aliphatic carbocycles. The normalized spacial score (nSPS) is 13.2. The third kappa shape index (κ3) is 4.14. The zero-order chi connectivity index (χ0) is 19.4. The summed E-state index contributed by atoms with van der Waals surface area (Å²) in [5, 5.41) is 14.6. The number of nitrogens with zero attached hydrogens (tertiary/aromatic N) is 1. The molecule has 5 N–H and O–H groups in total. The maximum Gasteiger partial charge on any atom is 0.198 e. The average Bonchev–Trinajstić information content (AvgIpc) is 2.98. The van der Waals surface area contributed by atoms with Crippen molar-refractivity contribution in [1.29, 1.82) is 0 Å². The molecule has 27 heavy (non-hydrogen) atoms. The molecule has 3 rings (SSSR count). The number of nitrogens with two attached hydrogens (primary N) is 1. The van der Waals surface area contributed by atoms with Crippen molar-refractivity contribution in [2.75, 3.05) is 12.8 Å². The van der Waals surface area contributed by atoms with Gasteiger partial charge in [-0.1, -0.05) is 31.9 Å². The van der Waals surface area contributed by atoms with Crippen LogP contribution in [0.1, 0.15) is 50.3 Å². The molecule has 1 heterocycles. The number of fused-ring (bicyclic) bond motifs is 1. The van der Waals surface area contributed by atoms with E-state index in [-0.39, 0.29) is 5.88 Å². The highest BCUT2D eigenvalue weighted by atomic mass is 16.3. The Hall–Kier alpha value is -2.79. The summed E-state index contributed by atoms with van der Waals surface area (Å²) in [5.41, 5.74) is 11.0. The highest BCUT2D eigenvalue weighted by Crippen LogP contribution is 2.30. The first-order valence-electron chi connectivity index (χ1n) is 9.46. The number of aromatic nitrogens is 1. The van der Waals surface area contributed by atoms with Crippen LogP contribution >= 0.6 is 0 Å². The molecule has 0 spiro atoms. The van der Waals surface area contributed by atoms with Gasteiger partial charge in [-0.2, -0.15) is 0 Å². The number of unbranched alkanes of at least 4 members (excludes halogenated alkanes) is 1. The number of hydrogen-bond donors (Lipinski definition) is 4. The maximum absolute atomic E-state index is 10.3. The minimum Gasteiger partial charge on any atom is -0.494 e. The summed E-state index contributed by atoms with van der Waals surface area (Å²) >= 11 is 0. The van der Waals surface area contributed by atoms with Gasteiger partial charge in [-0.15, -0.1) is 0 Å². The Morgan fingerprint density at radius 3 is 2.63 bits per heavy atom. The van der Waals surface area contributed by atoms with Crippen molar-refractivity contribution in [3.05, 3.63) is 53.6 Å². The van der Waals surface area contributed by atoms with Crippen molar-refractivity contribution in [2.24, 2.45) is 4.99 Å². The number of aromatic amines is 1. The average molecular weight is 364 g/mol. The van der Waals surface area contributed by atoms with Gasteiger partial charge in [0, 0.05) is 22.6 Å². The Kier molecular flexibility index (Phi) is 5.81. The molecule has 0 radical (unpaired) electrons. The molecular formula is C22H28N4O. The Balaban J connectivity index is 1.88. The number of aromatic hydroxyl groups is 1. The molecule has 1 atom stereocenters. The molecule has 0 aliphatic rings. The fraction of sp³-hybridized carbons (Fsp3) is 0.318. The van der Waals surface area contributed by atoms with E-state index in [0.717, 1.165) is 28.7 Å². The summed E-state index contributed by atoms with van der Waals surface area (Å²) < 4.78 is 0. The molecule has 5 heteroatoms. The van der Waals surface area contributed by atoms with Gasteiger partial charge in [-0.3, -0.25) is 4.99 Å². The predicted molar refractivity (Wildman–Crippen MR) is 114 cm³/mol. The molecule has 0 aliphatic heterocycles. The van der Waals surface area contributed by atoms with Gasteiger partial charge in [0.25, 0.3) is 0 Å². The van der Waals surface area contributed by atoms with Crippen molar-refractivity contribution >= 4 is 28.0 Å². The minimum atomic E-state index is 0.114. The molecule has 1 aromatic heterocycles. The minimum absolute atomic E-state index is 0.114. The zero-order valence-electron chi connectivity index (χ0n) is 16.2. The van der Waals surface area contributed by atoms with E-state index in [1.807, 2.05) is 44.3 Å². The SMILES string of the molecule is CCCCC(NC)c1ccc(N=C(C)c2c(O)[nH]c3ccc(N)cc23)cc1. The second-order valence-electron chi connectivity index (χ2n) is 6.93. The Bertz CT molecular complexity index is 941. The van der Waals surface area contributed by atoms with E-state index >= 15 is 0 Å². The summed E-state index contributed by atoms with van der Waals surface area (Å²) in [7, 11) is 2.00. The van der Waals surface area contributed by atoms with Crippen LogP contribution in [0.25, 0.3) is 10.9 Å². The number of anilines is 1. The van der Waals surface area contributed by atoms with Crippen LogP contribution in [0.5, 0.6) is 5.88 Å². The lowest BCUT2D eigenvalue weighted by Gasteiger charge is -2.16. The number of H-pyrrole nitrogens is 1. The Morgan fingerprint density at radius 1 is 1.22 bits per heavy atom. The standard InChI is InChI=1S/C22H28N4O/c1-4-5-6-19(24-3)15-7-10-17(11-8-15)25-14(2)21-18-13-16(23)9-12-20(18)26-22(21)27/h7-13,19,24,26-27H,4-6,23H2,1-3H3. The smallest absolute Gasteiger partial charge is 0.198 e. The lowest BCUT2D eigenvalue weighted by atomic mass is 10.0. The molecule has 0 saturated heterocycles. The Morgan fingerprint density at radius 2 is 1.96 bits per heavy atom. The second-order valence-corrected chi connectivity index (χ2v) is 6.93. The van der Waals surface area contributed by atoms with Gasteiger partial charge in [-0.25, -0.2) is 0 Å². The fourth-order valence-corrected chi connectivity index (χ4v) is 3.48. The van der Waals surface area contributed by atoms with E-state index in [4.69, 9.17) is 10.7 Å². The van der Waals surface area contributed by atoms with Crippen molar-refractivity contribution in [3.63, 3.8) is 0 Å². The molecule has 3 aromatic rings. The highest BCUT2D eigenvalue weighted by molar-refractivity contribution is 6.13. The molecular weight excluding hydrogens is 336 g/mol. The van der Waals surface area contributed by atoms with Gasteiger partial charge in [0.05, 0.1) is 17.0 Å². The van der Waals surface area contributed by atoms with Gasteiger partial charge in [-0.05, 0) is 56.3 Å². The zero-order valence-corrected chi connectivity index (χ0v) is 16.2. The first-order valence-corrected chi connectivity index (χ1v) is 9.46. The Labute approximate surface area is 160 Å². The number of aliphatic imine (C=N–C) groups is 1. The number of benzene rings is 2. The fourth-order valence-electron chi connectivity index (χ4n) is 3.48. The summed E-state index contributed by atoms with van der Waals surface area (Å²) in [4.78, 5) is 7.69. The summed E-state index contributed by atoms with van der Waals surface area (Å²) in [6, 6.07) is 14.2. The van der Waals surface area contributed by atoms with Gasteiger partial charge < -0.3 is 21.1 Å². The van der Waals surface area contributed by atoms with Crippen LogP contribution in [-0.2, 0) is 0 Å². The van der Waals surface area contributed by atoms with Crippen LogP contribution in [0.2, 0.25) is 0 Å². The van der Waals surface area contributed by atoms with Gasteiger partial charge >= 0.3 is 0 Å². The molecule has 0 saturated carbocycles. The number of hydrogen-bond acceptors (Lipinski definition) is 4. The molecule has 0 bridgehead atoms. The van der Waals surface area contributed by atoms with Crippen LogP contribution in [0.4, 0.5) is 11.4 Å². The van der Waals surface area contributed by atoms with Crippen LogP contribution in [-0.4, -0.2) is 22.8 Å². The van der Waals surface area contributed by atoms with Crippen LogP contribution < -0.4 is 11.1 Å². The monoisotopic (exact) mass is 364 g/mol. The van der Waals surface area contributed by atoms with E-state index in [2.05, 4.69) is 29.4 Å². The van der Waals surface area contributed by atoms with Crippen molar-refractivity contribution in [2.45, 2.75) is 39.2 Å². The van der Waals surface area contributed by atoms with E-state index in [1.54, 1.807) is 0 Å². The van der Waals surface area contributed by atoms with Gasteiger partial charge in [0.2, 0.25) is 0 Å². The van der Waals surface area contributed by atoms with Gasteiger partial charge in [0.1, 0.15) is 0 Å². The molecule has 2 aromatic carbocycles. The van der Waals surface area contributed by atoms with E-state index < -0.39 is 0 Å².